The first kappa shape index (κ1) is 14.2. The zero-order valence-corrected chi connectivity index (χ0v) is 12.0. The molecule has 0 aromatic heterocycles. The lowest BCUT2D eigenvalue weighted by atomic mass is 9.89. The average molecular weight is 275 g/mol. The summed E-state index contributed by atoms with van der Waals surface area (Å²) in [5.74, 6) is 0.527. The molecule has 102 valence electrons. The quantitative estimate of drug-likeness (QED) is 0.814. The third-order valence-electron chi connectivity index (χ3n) is 3.60. The fourth-order valence-electron chi connectivity index (χ4n) is 2.54. The third kappa shape index (κ3) is 4.15. The topological polar surface area (TPSA) is 32.3 Å². The van der Waals surface area contributed by atoms with Gasteiger partial charge < -0.3 is 10.4 Å². The second kappa shape index (κ2) is 7.41. The van der Waals surface area contributed by atoms with Gasteiger partial charge in [-0.05, 0) is 24.5 Å². The summed E-state index contributed by atoms with van der Waals surface area (Å²) in [4.78, 5) is 0.963. The van der Waals surface area contributed by atoms with Crippen LogP contribution in [0.25, 0.3) is 6.08 Å². The van der Waals surface area contributed by atoms with E-state index in [9.17, 15) is 0 Å². The Kier molecular flexibility index (Phi) is 5.55. The fourth-order valence-corrected chi connectivity index (χ4v) is 2.88. The third-order valence-corrected chi connectivity index (χ3v) is 4.03. The predicted octanol–water partition coefficient (Wildman–Crippen LogP) is 4.01. The maximum absolute atomic E-state index is 8.87. The largest absolute Gasteiger partial charge is 0.392 e. The summed E-state index contributed by atoms with van der Waals surface area (Å²) in [5.41, 5.74) is 2.09. The van der Waals surface area contributed by atoms with Gasteiger partial charge in [0.15, 0.2) is 0 Å². The molecule has 0 bridgehead atoms. The summed E-state index contributed by atoms with van der Waals surface area (Å²) in [6, 6.07) is 8.05. The normalized spacial score (nSPS) is 16.7. The summed E-state index contributed by atoms with van der Waals surface area (Å²) in [6.45, 7) is 0.0570. The predicted molar refractivity (Wildman–Crippen MR) is 85.4 cm³/mol. The first-order valence-electron chi connectivity index (χ1n) is 6.98. The summed E-state index contributed by atoms with van der Waals surface area (Å²) in [7, 11) is 0. The Morgan fingerprint density at radius 1 is 1.26 bits per heavy atom. The van der Waals surface area contributed by atoms with Gasteiger partial charge in [0.2, 0.25) is 0 Å². The number of aliphatic hydroxyl groups is 1. The molecule has 0 aliphatic heterocycles. The van der Waals surface area contributed by atoms with E-state index >= 15 is 0 Å². The number of benzene rings is 1. The molecule has 0 radical (unpaired) electrons. The number of hydrogen-bond acceptors (Lipinski definition) is 2. The zero-order chi connectivity index (χ0) is 13.5. The van der Waals surface area contributed by atoms with Gasteiger partial charge in [-0.3, -0.25) is 0 Å². The van der Waals surface area contributed by atoms with Crippen molar-refractivity contribution in [1.82, 2.24) is 0 Å². The molecule has 0 amide bonds. The molecule has 0 heterocycles. The van der Waals surface area contributed by atoms with Crippen molar-refractivity contribution in [3.8, 4) is 0 Å². The lowest BCUT2D eigenvalue weighted by molar-refractivity contribution is 0.343. The number of hydrogen-bond donors (Lipinski definition) is 2. The highest BCUT2D eigenvalue weighted by atomic mass is 32.1. The van der Waals surface area contributed by atoms with Crippen LogP contribution in [0.2, 0.25) is 0 Å². The average Bonchev–Trinajstić information content (AvgIpc) is 2.47. The van der Waals surface area contributed by atoms with Crippen molar-refractivity contribution in [2.75, 3.05) is 11.9 Å². The molecule has 0 saturated heterocycles. The lowest BCUT2D eigenvalue weighted by Crippen LogP contribution is -2.23. The molecule has 0 unspecified atom stereocenters. The summed E-state index contributed by atoms with van der Waals surface area (Å²) in [5, 5.41) is 12.3. The van der Waals surface area contributed by atoms with Crippen LogP contribution in [0.1, 0.15) is 37.7 Å². The molecule has 0 spiro atoms. The first-order valence-corrected chi connectivity index (χ1v) is 7.39. The van der Waals surface area contributed by atoms with E-state index in [0.717, 1.165) is 16.2 Å². The van der Waals surface area contributed by atoms with Crippen LogP contribution in [-0.2, 0) is 0 Å². The summed E-state index contributed by atoms with van der Waals surface area (Å²) >= 11 is 5.54. The Morgan fingerprint density at radius 3 is 2.74 bits per heavy atom. The van der Waals surface area contributed by atoms with Crippen LogP contribution in [0, 0.1) is 5.92 Å². The van der Waals surface area contributed by atoms with Gasteiger partial charge in [-0.2, -0.15) is 0 Å². The van der Waals surface area contributed by atoms with Crippen molar-refractivity contribution < 1.29 is 5.11 Å². The van der Waals surface area contributed by atoms with Gasteiger partial charge in [-0.25, -0.2) is 0 Å². The number of anilines is 1. The molecule has 1 saturated carbocycles. The van der Waals surface area contributed by atoms with Crippen molar-refractivity contribution in [3.63, 3.8) is 0 Å². The number of para-hydroxylation sites is 1. The van der Waals surface area contributed by atoms with Gasteiger partial charge in [0.1, 0.15) is 0 Å². The van der Waals surface area contributed by atoms with Crippen LogP contribution in [0.15, 0.2) is 30.3 Å². The van der Waals surface area contributed by atoms with Crippen molar-refractivity contribution in [2.24, 2.45) is 5.92 Å². The minimum absolute atomic E-state index is 0.0570. The van der Waals surface area contributed by atoms with E-state index in [1.54, 1.807) is 6.08 Å². The Hall–Kier alpha value is -1.19. The van der Waals surface area contributed by atoms with E-state index in [1.807, 2.05) is 30.3 Å². The van der Waals surface area contributed by atoms with E-state index in [-0.39, 0.29) is 6.61 Å². The molecule has 1 aliphatic rings. The minimum Gasteiger partial charge on any atom is -0.392 e. The van der Waals surface area contributed by atoms with E-state index in [0.29, 0.717) is 5.92 Å². The number of rotatable bonds is 4. The van der Waals surface area contributed by atoms with Crippen LogP contribution in [-0.4, -0.2) is 16.7 Å². The second-order valence-corrected chi connectivity index (χ2v) is 5.44. The lowest BCUT2D eigenvalue weighted by Gasteiger charge is -2.23. The van der Waals surface area contributed by atoms with Crippen LogP contribution >= 0.6 is 12.2 Å². The van der Waals surface area contributed by atoms with E-state index in [1.165, 1.54) is 32.1 Å². The van der Waals surface area contributed by atoms with Gasteiger partial charge in [0.05, 0.1) is 11.6 Å². The molecule has 2 rings (SSSR count). The van der Waals surface area contributed by atoms with E-state index in [2.05, 4.69) is 5.32 Å². The molecule has 1 aromatic carbocycles. The zero-order valence-electron chi connectivity index (χ0n) is 11.1. The Bertz CT molecular complexity index is 450. The monoisotopic (exact) mass is 275 g/mol. The second-order valence-electron chi connectivity index (χ2n) is 5.00. The highest BCUT2D eigenvalue weighted by Crippen LogP contribution is 2.26. The molecular weight excluding hydrogens is 254 g/mol. The number of aliphatic hydroxyl groups excluding tert-OH is 1. The molecule has 19 heavy (non-hydrogen) atoms. The van der Waals surface area contributed by atoms with Crippen LogP contribution in [0.4, 0.5) is 5.69 Å². The first-order chi connectivity index (χ1) is 9.31. The van der Waals surface area contributed by atoms with Crippen LogP contribution in [0.5, 0.6) is 0 Å². The summed E-state index contributed by atoms with van der Waals surface area (Å²) in [6.07, 6.45) is 10.0. The number of thiocarbonyl (C=S) groups is 1. The molecular formula is C16H21NOS. The van der Waals surface area contributed by atoms with Gasteiger partial charge in [-0.15, -0.1) is 0 Å². The highest BCUT2D eigenvalue weighted by Gasteiger charge is 2.18. The van der Waals surface area contributed by atoms with E-state index < -0.39 is 0 Å². The Morgan fingerprint density at radius 2 is 2.00 bits per heavy atom. The Balaban J connectivity index is 2.05. The number of nitrogens with one attached hydrogen (secondary N) is 1. The minimum atomic E-state index is 0.0570. The SMILES string of the molecule is OC/C=C\c1ccccc1NC(=S)C1CCCCC1. The Labute approximate surface area is 120 Å². The maximum Gasteiger partial charge on any atom is 0.0828 e. The molecule has 2 N–H and O–H groups in total. The van der Waals surface area contributed by atoms with Crippen LogP contribution in [0.3, 0.4) is 0 Å². The standard InChI is InChI=1S/C16H21NOS/c18-12-6-10-13-7-4-5-11-15(13)17-16(19)14-8-2-1-3-9-14/h4-7,10-11,14,18H,1-3,8-9,12H2,(H,17,19)/b10-6-. The summed E-state index contributed by atoms with van der Waals surface area (Å²) < 4.78 is 0. The van der Waals surface area contributed by atoms with Crippen molar-refractivity contribution in [2.45, 2.75) is 32.1 Å². The molecule has 1 fully saturated rings. The van der Waals surface area contributed by atoms with Gasteiger partial charge in [-0.1, -0.05) is 61.8 Å². The maximum atomic E-state index is 8.87. The fraction of sp³-hybridized carbons (Fsp3) is 0.438. The van der Waals surface area contributed by atoms with E-state index in [4.69, 9.17) is 17.3 Å². The van der Waals surface area contributed by atoms with Crippen LogP contribution < -0.4 is 5.32 Å². The highest BCUT2D eigenvalue weighted by molar-refractivity contribution is 7.80. The molecule has 1 aromatic rings. The molecule has 2 nitrogen and oxygen atoms in total. The van der Waals surface area contributed by atoms with Crippen molar-refractivity contribution in [3.05, 3.63) is 35.9 Å². The van der Waals surface area contributed by atoms with Gasteiger partial charge >= 0.3 is 0 Å². The molecule has 1 aliphatic carbocycles. The van der Waals surface area contributed by atoms with Crippen molar-refractivity contribution >= 4 is 29.0 Å². The van der Waals surface area contributed by atoms with Crippen molar-refractivity contribution in [1.29, 1.82) is 0 Å². The molecule has 0 atom stereocenters. The van der Waals surface area contributed by atoms with Gasteiger partial charge in [0.25, 0.3) is 0 Å². The van der Waals surface area contributed by atoms with Gasteiger partial charge in [0, 0.05) is 11.6 Å². The molecule has 3 heteroatoms. The smallest absolute Gasteiger partial charge is 0.0828 e.